The lowest BCUT2D eigenvalue weighted by Gasteiger charge is -2.28. The lowest BCUT2D eigenvalue weighted by molar-refractivity contribution is -0.128. The van der Waals surface area contributed by atoms with Crippen LogP contribution in [0, 0.1) is 12.8 Å². The third-order valence-corrected chi connectivity index (χ3v) is 4.39. The van der Waals surface area contributed by atoms with Crippen molar-refractivity contribution in [3.8, 4) is 5.75 Å². The summed E-state index contributed by atoms with van der Waals surface area (Å²) in [6.07, 6.45) is -0.681. The molecule has 0 spiro atoms. The van der Waals surface area contributed by atoms with E-state index in [-0.39, 0.29) is 5.91 Å². The molecule has 1 unspecified atom stereocenters. The lowest BCUT2D eigenvalue weighted by Crippen LogP contribution is -2.49. The maximum absolute atomic E-state index is 12.7. The van der Waals surface area contributed by atoms with Crippen molar-refractivity contribution >= 4 is 17.5 Å². The van der Waals surface area contributed by atoms with E-state index in [1.807, 2.05) is 43.3 Å². The highest BCUT2D eigenvalue weighted by Crippen LogP contribution is 2.27. The first-order valence-corrected chi connectivity index (χ1v) is 8.47. The summed E-state index contributed by atoms with van der Waals surface area (Å²) in [6.45, 7) is 4.49. The van der Waals surface area contributed by atoms with Gasteiger partial charge >= 0.3 is 0 Å². The molecule has 1 aliphatic rings. The summed E-state index contributed by atoms with van der Waals surface area (Å²) in [4.78, 5) is 12.7. The predicted octanol–water partition coefficient (Wildman–Crippen LogP) is 3.10. The molecule has 1 fully saturated rings. The minimum atomic E-state index is -0.681. The summed E-state index contributed by atoms with van der Waals surface area (Å²) in [5, 5.41) is 6.86. The zero-order valence-electron chi connectivity index (χ0n) is 13.6. The molecule has 4 nitrogen and oxygen atoms in total. The summed E-state index contributed by atoms with van der Waals surface area (Å²) < 4.78 is 6.05. The average molecular weight is 345 g/mol. The number of amides is 1. The van der Waals surface area contributed by atoms with Gasteiger partial charge in [0.2, 0.25) is 6.10 Å². The Hall–Kier alpha value is -2.04. The molecule has 0 aliphatic carbocycles. The van der Waals surface area contributed by atoms with Crippen molar-refractivity contribution in [2.75, 3.05) is 19.6 Å². The van der Waals surface area contributed by atoms with Crippen LogP contribution < -0.4 is 15.4 Å². The normalized spacial score (nSPS) is 15.4. The average Bonchev–Trinajstić information content (AvgIpc) is 2.53. The van der Waals surface area contributed by atoms with E-state index in [1.54, 1.807) is 12.1 Å². The number of hydrogen-bond donors (Lipinski definition) is 2. The van der Waals surface area contributed by atoms with Gasteiger partial charge in [-0.2, -0.15) is 0 Å². The van der Waals surface area contributed by atoms with Crippen LogP contribution in [0.1, 0.15) is 17.2 Å². The zero-order chi connectivity index (χ0) is 16.9. The molecule has 3 rings (SSSR count). The van der Waals surface area contributed by atoms with E-state index in [9.17, 15) is 4.79 Å². The Labute approximate surface area is 147 Å². The van der Waals surface area contributed by atoms with Crippen LogP contribution in [0.25, 0.3) is 0 Å². The smallest absolute Gasteiger partial charge is 0.265 e. The molecular weight excluding hydrogens is 324 g/mol. The molecule has 5 heteroatoms. The summed E-state index contributed by atoms with van der Waals surface area (Å²) >= 11 is 6.00. The quantitative estimate of drug-likeness (QED) is 0.846. The van der Waals surface area contributed by atoms with Gasteiger partial charge in [-0.25, -0.2) is 0 Å². The Balaban J connectivity index is 1.77. The summed E-state index contributed by atoms with van der Waals surface area (Å²) in [6, 6.07) is 14.9. The van der Waals surface area contributed by atoms with Crippen LogP contribution in [0.15, 0.2) is 48.5 Å². The largest absolute Gasteiger partial charge is 0.476 e. The maximum Gasteiger partial charge on any atom is 0.265 e. The number of aryl methyl sites for hydroxylation is 1. The molecule has 1 amide bonds. The van der Waals surface area contributed by atoms with Crippen LogP contribution in [-0.2, 0) is 4.79 Å². The van der Waals surface area contributed by atoms with Crippen LogP contribution in [0.5, 0.6) is 5.75 Å². The molecule has 2 aromatic carbocycles. The molecule has 1 atom stereocenters. The fourth-order valence-electron chi connectivity index (χ4n) is 2.60. The molecule has 0 saturated carbocycles. The Morgan fingerprint density at radius 1 is 1.29 bits per heavy atom. The number of halogens is 1. The monoisotopic (exact) mass is 344 g/mol. The van der Waals surface area contributed by atoms with Crippen molar-refractivity contribution in [2.45, 2.75) is 13.0 Å². The van der Waals surface area contributed by atoms with E-state index >= 15 is 0 Å². The molecule has 0 radical (unpaired) electrons. The van der Waals surface area contributed by atoms with Gasteiger partial charge in [0.05, 0.1) is 0 Å². The summed E-state index contributed by atoms with van der Waals surface area (Å²) in [5.74, 6) is 1.04. The second kappa shape index (κ2) is 7.69. The van der Waals surface area contributed by atoms with Crippen molar-refractivity contribution in [2.24, 2.45) is 5.92 Å². The molecule has 0 bridgehead atoms. The number of ether oxygens (including phenoxy) is 1. The van der Waals surface area contributed by atoms with Gasteiger partial charge in [-0.3, -0.25) is 4.79 Å². The van der Waals surface area contributed by atoms with Crippen LogP contribution in [0.4, 0.5) is 0 Å². The predicted molar refractivity (Wildman–Crippen MR) is 95.4 cm³/mol. The first-order valence-electron chi connectivity index (χ1n) is 8.09. The van der Waals surface area contributed by atoms with E-state index in [0.29, 0.717) is 23.2 Å². The molecule has 24 heavy (non-hydrogen) atoms. The fourth-order valence-corrected chi connectivity index (χ4v) is 2.83. The number of carbonyl (C=O) groups excluding carboxylic acids is 1. The second-order valence-corrected chi connectivity index (χ2v) is 6.52. The van der Waals surface area contributed by atoms with E-state index in [4.69, 9.17) is 16.3 Å². The number of hydrogen-bond acceptors (Lipinski definition) is 3. The highest BCUT2D eigenvalue weighted by Gasteiger charge is 2.25. The third-order valence-electron chi connectivity index (χ3n) is 4.15. The Morgan fingerprint density at radius 2 is 2.04 bits per heavy atom. The summed E-state index contributed by atoms with van der Waals surface area (Å²) in [7, 11) is 0. The molecule has 126 valence electrons. The van der Waals surface area contributed by atoms with Gasteiger partial charge in [0.15, 0.2) is 0 Å². The molecule has 1 aliphatic heterocycles. The topological polar surface area (TPSA) is 50.4 Å². The van der Waals surface area contributed by atoms with E-state index in [2.05, 4.69) is 10.6 Å². The Kier molecular flexibility index (Phi) is 5.38. The van der Waals surface area contributed by atoms with Gasteiger partial charge in [0.25, 0.3) is 5.91 Å². The van der Waals surface area contributed by atoms with Crippen LogP contribution in [0.3, 0.4) is 0 Å². The summed E-state index contributed by atoms with van der Waals surface area (Å²) in [5.41, 5.74) is 1.73. The van der Waals surface area contributed by atoms with Crippen LogP contribution >= 0.6 is 11.6 Å². The highest BCUT2D eigenvalue weighted by atomic mass is 35.5. The van der Waals surface area contributed by atoms with Gasteiger partial charge in [-0.05, 0) is 30.7 Å². The molecular formula is C19H21ClN2O2. The minimum Gasteiger partial charge on any atom is -0.476 e. The fraction of sp³-hybridized carbons (Fsp3) is 0.316. The van der Waals surface area contributed by atoms with Gasteiger partial charge in [0.1, 0.15) is 5.75 Å². The SMILES string of the molecule is Cc1cc(Cl)ccc1OC(C(=O)NCC1CNC1)c1ccccc1. The molecule has 1 saturated heterocycles. The number of carbonyl (C=O) groups is 1. The van der Waals surface area contributed by atoms with Crippen molar-refractivity contribution in [3.05, 3.63) is 64.7 Å². The third kappa shape index (κ3) is 4.08. The number of benzene rings is 2. The first kappa shape index (κ1) is 16.8. The Bertz CT molecular complexity index is 702. The molecule has 2 aromatic rings. The van der Waals surface area contributed by atoms with Crippen LogP contribution in [0.2, 0.25) is 5.02 Å². The van der Waals surface area contributed by atoms with Crippen molar-refractivity contribution < 1.29 is 9.53 Å². The lowest BCUT2D eigenvalue weighted by atomic mass is 10.0. The minimum absolute atomic E-state index is 0.123. The van der Waals surface area contributed by atoms with Crippen molar-refractivity contribution in [1.29, 1.82) is 0 Å². The van der Waals surface area contributed by atoms with Gasteiger partial charge in [0, 0.05) is 36.1 Å². The first-order chi connectivity index (χ1) is 11.6. The van der Waals surface area contributed by atoms with E-state index in [1.165, 1.54) is 0 Å². The van der Waals surface area contributed by atoms with Crippen molar-refractivity contribution in [3.63, 3.8) is 0 Å². The van der Waals surface area contributed by atoms with E-state index < -0.39 is 6.10 Å². The second-order valence-electron chi connectivity index (χ2n) is 6.09. The van der Waals surface area contributed by atoms with Gasteiger partial charge in [-0.15, -0.1) is 0 Å². The number of nitrogens with one attached hydrogen (secondary N) is 2. The van der Waals surface area contributed by atoms with Crippen LogP contribution in [-0.4, -0.2) is 25.5 Å². The Morgan fingerprint density at radius 3 is 2.67 bits per heavy atom. The van der Waals surface area contributed by atoms with Crippen molar-refractivity contribution in [1.82, 2.24) is 10.6 Å². The van der Waals surface area contributed by atoms with Gasteiger partial charge < -0.3 is 15.4 Å². The maximum atomic E-state index is 12.7. The highest BCUT2D eigenvalue weighted by molar-refractivity contribution is 6.30. The number of rotatable bonds is 6. The van der Waals surface area contributed by atoms with E-state index in [0.717, 1.165) is 24.2 Å². The molecule has 0 aromatic heterocycles. The standard InChI is InChI=1S/C19H21ClN2O2/c1-13-9-16(20)7-8-17(13)24-18(15-5-3-2-4-6-15)19(23)22-12-14-10-21-11-14/h2-9,14,18,21H,10-12H2,1H3,(H,22,23). The molecule has 2 N–H and O–H groups in total. The van der Waals surface area contributed by atoms with Gasteiger partial charge in [-0.1, -0.05) is 41.9 Å². The zero-order valence-corrected chi connectivity index (χ0v) is 14.3. The molecule has 1 heterocycles.